The molecule has 5 heteroatoms. The van der Waals surface area contributed by atoms with Gasteiger partial charge < -0.3 is 14.5 Å². The molecule has 0 unspecified atom stereocenters. The molecule has 0 radical (unpaired) electrons. The minimum Gasteiger partial charge on any atom is -0.481 e. The van der Waals surface area contributed by atoms with E-state index in [0.717, 1.165) is 25.9 Å². The number of carbonyl (C=O) groups is 1. The summed E-state index contributed by atoms with van der Waals surface area (Å²) >= 11 is 0. The summed E-state index contributed by atoms with van der Waals surface area (Å²) in [6, 6.07) is 1.71. The number of aromatic nitrogens is 1. The average molecular weight is 196 g/mol. The van der Waals surface area contributed by atoms with Crippen molar-refractivity contribution in [3.63, 3.8) is 0 Å². The molecule has 0 atom stereocenters. The van der Waals surface area contributed by atoms with Gasteiger partial charge in [-0.1, -0.05) is 5.16 Å². The second-order valence-electron chi connectivity index (χ2n) is 3.42. The van der Waals surface area contributed by atoms with Gasteiger partial charge in [-0.05, 0) is 12.8 Å². The highest BCUT2D eigenvalue weighted by atomic mass is 16.5. The van der Waals surface area contributed by atoms with Crippen molar-refractivity contribution in [2.24, 2.45) is 0 Å². The Morgan fingerprint density at radius 1 is 1.57 bits per heavy atom. The highest BCUT2D eigenvalue weighted by molar-refractivity contribution is 5.69. The van der Waals surface area contributed by atoms with Gasteiger partial charge in [0.25, 0.3) is 0 Å². The molecule has 0 bridgehead atoms. The number of nitrogens with zero attached hydrogens (tertiary/aromatic N) is 2. The first-order valence-corrected chi connectivity index (χ1v) is 4.68. The van der Waals surface area contributed by atoms with Crippen LogP contribution in [0.3, 0.4) is 0 Å². The lowest BCUT2D eigenvalue weighted by atomic mass is 10.3. The Bertz CT molecular complexity index is 329. The second-order valence-corrected chi connectivity index (χ2v) is 3.42. The third-order valence-corrected chi connectivity index (χ3v) is 2.30. The number of aliphatic carboxylic acids is 1. The highest BCUT2D eigenvalue weighted by Gasteiger charge is 2.17. The van der Waals surface area contributed by atoms with E-state index in [0.29, 0.717) is 11.6 Å². The largest absolute Gasteiger partial charge is 0.481 e. The molecule has 5 nitrogen and oxygen atoms in total. The lowest BCUT2D eigenvalue weighted by Crippen LogP contribution is -2.16. The first-order chi connectivity index (χ1) is 6.75. The van der Waals surface area contributed by atoms with Crippen molar-refractivity contribution in [1.29, 1.82) is 0 Å². The summed E-state index contributed by atoms with van der Waals surface area (Å²) in [5.41, 5.74) is 0.486. The van der Waals surface area contributed by atoms with Crippen LogP contribution in [0.2, 0.25) is 0 Å². The Balaban J connectivity index is 2.05. The van der Waals surface area contributed by atoms with E-state index in [1.54, 1.807) is 6.07 Å². The van der Waals surface area contributed by atoms with Gasteiger partial charge in [-0.2, -0.15) is 0 Å². The molecule has 14 heavy (non-hydrogen) atoms. The molecular weight excluding hydrogens is 184 g/mol. The quantitative estimate of drug-likeness (QED) is 0.778. The monoisotopic (exact) mass is 196 g/mol. The van der Waals surface area contributed by atoms with E-state index in [2.05, 4.69) is 10.1 Å². The van der Waals surface area contributed by atoms with Gasteiger partial charge in [0.1, 0.15) is 0 Å². The third kappa shape index (κ3) is 1.86. The van der Waals surface area contributed by atoms with Crippen molar-refractivity contribution in [1.82, 2.24) is 5.16 Å². The van der Waals surface area contributed by atoms with E-state index >= 15 is 0 Å². The molecule has 76 valence electrons. The van der Waals surface area contributed by atoms with E-state index in [1.165, 1.54) is 0 Å². The van der Waals surface area contributed by atoms with Gasteiger partial charge in [0.05, 0.1) is 12.1 Å². The number of carboxylic acids is 1. The molecular formula is C9H12N2O3. The van der Waals surface area contributed by atoms with Crippen LogP contribution in [0.1, 0.15) is 18.5 Å². The fourth-order valence-corrected chi connectivity index (χ4v) is 1.63. The summed E-state index contributed by atoms with van der Waals surface area (Å²) in [5.74, 6) is -0.190. The lowest BCUT2D eigenvalue weighted by molar-refractivity contribution is -0.136. The van der Waals surface area contributed by atoms with Crippen molar-refractivity contribution in [3.8, 4) is 0 Å². The van der Waals surface area contributed by atoms with Crippen molar-refractivity contribution in [2.45, 2.75) is 19.3 Å². The molecule has 0 spiro atoms. The summed E-state index contributed by atoms with van der Waals surface area (Å²) in [6.07, 6.45) is 2.25. The zero-order valence-electron chi connectivity index (χ0n) is 7.77. The van der Waals surface area contributed by atoms with Crippen LogP contribution in [0, 0.1) is 0 Å². The van der Waals surface area contributed by atoms with Gasteiger partial charge in [-0.25, -0.2) is 0 Å². The smallest absolute Gasteiger partial charge is 0.309 e. The predicted octanol–water partition coefficient (Wildman–Crippen LogP) is 0.902. The lowest BCUT2D eigenvalue weighted by Gasteiger charge is -2.10. The maximum absolute atomic E-state index is 10.4. The highest BCUT2D eigenvalue weighted by Crippen LogP contribution is 2.20. The van der Waals surface area contributed by atoms with Gasteiger partial charge in [-0.3, -0.25) is 4.79 Å². The van der Waals surface area contributed by atoms with Gasteiger partial charge in [0.15, 0.2) is 0 Å². The summed E-state index contributed by atoms with van der Waals surface area (Å²) < 4.78 is 5.06. The predicted molar refractivity (Wildman–Crippen MR) is 49.3 cm³/mol. The van der Waals surface area contributed by atoms with E-state index in [1.807, 2.05) is 0 Å². The maximum Gasteiger partial charge on any atom is 0.309 e. The normalized spacial score (nSPS) is 16.1. The summed E-state index contributed by atoms with van der Waals surface area (Å²) in [4.78, 5) is 12.5. The molecule has 0 aliphatic carbocycles. The summed E-state index contributed by atoms with van der Waals surface area (Å²) in [7, 11) is 0. The molecule has 2 rings (SSSR count). The molecule has 0 amide bonds. The third-order valence-electron chi connectivity index (χ3n) is 2.30. The molecule has 1 aliphatic rings. The van der Waals surface area contributed by atoms with Crippen LogP contribution < -0.4 is 4.90 Å². The Hall–Kier alpha value is -1.52. The topological polar surface area (TPSA) is 66.6 Å². The van der Waals surface area contributed by atoms with Crippen molar-refractivity contribution < 1.29 is 14.4 Å². The Morgan fingerprint density at radius 3 is 2.93 bits per heavy atom. The van der Waals surface area contributed by atoms with E-state index in [4.69, 9.17) is 9.63 Å². The van der Waals surface area contributed by atoms with Crippen LogP contribution in [0.25, 0.3) is 0 Å². The van der Waals surface area contributed by atoms with Crippen LogP contribution in [-0.2, 0) is 11.2 Å². The number of hydrogen-bond acceptors (Lipinski definition) is 4. The summed E-state index contributed by atoms with van der Waals surface area (Å²) in [5, 5.41) is 12.2. The van der Waals surface area contributed by atoms with Crippen LogP contribution in [0.4, 0.5) is 5.88 Å². The zero-order chi connectivity index (χ0) is 9.97. The second kappa shape index (κ2) is 3.69. The van der Waals surface area contributed by atoms with Crippen molar-refractivity contribution in [2.75, 3.05) is 18.0 Å². The Labute approximate surface area is 81.3 Å². The van der Waals surface area contributed by atoms with E-state index < -0.39 is 5.97 Å². The van der Waals surface area contributed by atoms with Crippen LogP contribution in [0.15, 0.2) is 10.6 Å². The van der Waals surface area contributed by atoms with E-state index in [9.17, 15) is 4.79 Å². The molecule has 1 aromatic heterocycles. The zero-order valence-corrected chi connectivity index (χ0v) is 7.77. The standard InChI is InChI=1S/C9H12N2O3/c12-9(13)6-7-5-8(14-10-7)11-3-1-2-4-11/h5H,1-4,6H2,(H,12,13). The van der Waals surface area contributed by atoms with Gasteiger partial charge in [0, 0.05) is 19.2 Å². The van der Waals surface area contributed by atoms with Crippen molar-refractivity contribution in [3.05, 3.63) is 11.8 Å². The molecule has 1 aliphatic heterocycles. The number of rotatable bonds is 3. The first-order valence-electron chi connectivity index (χ1n) is 4.68. The number of carboxylic acid groups (broad SMARTS) is 1. The molecule has 0 saturated carbocycles. The van der Waals surface area contributed by atoms with Gasteiger partial charge in [0.2, 0.25) is 5.88 Å². The van der Waals surface area contributed by atoms with Crippen LogP contribution >= 0.6 is 0 Å². The molecule has 1 fully saturated rings. The van der Waals surface area contributed by atoms with Crippen molar-refractivity contribution >= 4 is 11.9 Å². The first kappa shape index (κ1) is 9.05. The van der Waals surface area contributed by atoms with E-state index in [-0.39, 0.29) is 6.42 Å². The molecule has 1 saturated heterocycles. The average Bonchev–Trinajstić information content (AvgIpc) is 2.69. The molecule has 1 aromatic rings. The molecule has 0 aromatic carbocycles. The number of hydrogen-bond donors (Lipinski definition) is 1. The molecule has 1 N–H and O–H groups in total. The Kier molecular flexibility index (Phi) is 2.39. The number of anilines is 1. The summed E-state index contributed by atoms with van der Waals surface area (Å²) in [6.45, 7) is 1.95. The minimum absolute atomic E-state index is 0.0721. The molecule has 2 heterocycles. The SMILES string of the molecule is O=C(O)Cc1cc(N2CCCC2)on1. The fourth-order valence-electron chi connectivity index (χ4n) is 1.63. The van der Waals surface area contributed by atoms with Gasteiger partial charge >= 0.3 is 5.97 Å². The van der Waals surface area contributed by atoms with Crippen LogP contribution in [-0.4, -0.2) is 29.3 Å². The maximum atomic E-state index is 10.4. The van der Waals surface area contributed by atoms with Gasteiger partial charge in [-0.15, -0.1) is 0 Å². The van der Waals surface area contributed by atoms with Crippen LogP contribution in [0.5, 0.6) is 0 Å². The minimum atomic E-state index is -0.883. The fraction of sp³-hybridized carbons (Fsp3) is 0.556. The Morgan fingerprint density at radius 2 is 2.29 bits per heavy atom.